The second-order valence-electron chi connectivity index (χ2n) is 6.11. The quantitative estimate of drug-likeness (QED) is 0.753. The first kappa shape index (κ1) is 19.2. The molecule has 1 aliphatic rings. The molecule has 1 saturated heterocycles. The average Bonchev–Trinajstić information content (AvgIpc) is 2.88. The molecule has 25 heavy (non-hydrogen) atoms. The van der Waals surface area contributed by atoms with E-state index in [0.717, 1.165) is 17.7 Å². The Bertz CT molecular complexity index is 559. The molecular weight excluding hydrogens is 320 g/mol. The lowest BCUT2D eigenvalue weighted by Gasteiger charge is -2.22. The maximum atomic E-state index is 12.6. The molecule has 0 atom stereocenters. The van der Waals surface area contributed by atoms with Crippen LogP contribution in [0.2, 0.25) is 0 Å². The average molecular weight is 348 g/mol. The summed E-state index contributed by atoms with van der Waals surface area (Å²) in [6.45, 7) is 5.60. The van der Waals surface area contributed by atoms with E-state index in [-0.39, 0.29) is 11.8 Å². The second kappa shape index (κ2) is 10.0. The number of rotatable bonds is 7. The van der Waals surface area contributed by atoms with Crippen LogP contribution in [-0.2, 0) is 20.7 Å². The van der Waals surface area contributed by atoms with Crippen molar-refractivity contribution in [1.29, 1.82) is 0 Å². The van der Waals surface area contributed by atoms with Gasteiger partial charge in [0.25, 0.3) is 0 Å². The highest BCUT2D eigenvalue weighted by atomic mass is 16.5. The number of amides is 2. The molecule has 1 aliphatic heterocycles. The van der Waals surface area contributed by atoms with E-state index >= 15 is 0 Å². The monoisotopic (exact) mass is 348 g/mol. The summed E-state index contributed by atoms with van der Waals surface area (Å²) in [6, 6.07) is 7.65. The minimum atomic E-state index is 0.0997. The molecule has 0 aromatic heterocycles. The van der Waals surface area contributed by atoms with Crippen molar-refractivity contribution in [3.63, 3.8) is 0 Å². The number of benzene rings is 1. The molecule has 6 heteroatoms. The van der Waals surface area contributed by atoms with Crippen molar-refractivity contribution < 1.29 is 19.1 Å². The molecule has 0 aliphatic carbocycles. The Hall–Kier alpha value is -2.08. The Balaban J connectivity index is 1.84. The predicted octanol–water partition coefficient (Wildman–Crippen LogP) is 1.73. The van der Waals surface area contributed by atoms with E-state index in [1.54, 1.807) is 7.11 Å². The molecule has 1 heterocycles. The van der Waals surface area contributed by atoms with Gasteiger partial charge < -0.3 is 19.3 Å². The molecule has 2 rings (SSSR count). The van der Waals surface area contributed by atoms with Crippen LogP contribution in [0.4, 0.5) is 0 Å². The SMILES string of the molecule is CCOc1ccc(CC(=O)N2CCCN(C(=O)CCOC)CC2)cc1. The van der Waals surface area contributed by atoms with Crippen LogP contribution in [0.15, 0.2) is 24.3 Å². The predicted molar refractivity (Wildman–Crippen MR) is 95.6 cm³/mol. The van der Waals surface area contributed by atoms with Gasteiger partial charge >= 0.3 is 0 Å². The highest BCUT2D eigenvalue weighted by molar-refractivity contribution is 5.79. The maximum absolute atomic E-state index is 12.6. The van der Waals surface area contributed by atoms with Crippen molar-refractivity contribution in [2.75, 3.05) is 46.5 Å². The molecule has 0 radical (unpaired) electrons. The van der Waals surface area contributed by atoms with Crippen molar-refractivity contribution in [2.24, 2.45) is 0 Å². The number of methoxy groups -OCH3 is 1. The lowest BCUT2D eigenvalue weighted by Crippen LogP contribution is -2.38. The van der Waals surface area contributed by atoms with E-state index in [1.807, 2.05) is 41.0 Å². The number of carbonyl (C=O) groups is 2. The molecule has 0 saturated carbocycles. The van der Waals surface area contributed by atoms with E-state index in [2.05, 4.69) is 0 Å². The lowest BCUT2D eigenvalue weighted by molar-refractivity contribution is -0.133. The van der Waals surface area contributed by atoms with Crippen LogP contribution in [0.1, 0.15) is 25.3 Å². The van der Waals surface area contributed by atoms with Crippen molar-refractivity contribution in [2.45, 2.75) is 26.2 Å². The van der Waals surface area contributed by atoms with E-state index in [1.165, 1.54) is 0 Å². The van der Waals surface area contributed by atoms with Gasteiger partial charge in [-0.2, -0.15) is 0 Å². The minimum Gasteiger partial charge on any atom is -0.494 e. The highest BCUT2D eigenvalue weighted by Crippen LogP contribution is 2.14. The van der Waals surface area contributed by atoms with Gasteiger partial charge in [-0.05, 0) is 31.0 Å². The van der Waals surface area contributed by atoms with Crippen LogP contribution < -0.4 is 4.74 Å². The summed E-state index contributed by atoms with van der Waals surface area (Å²) in [5.74, 6) is 1.02. The van der Waals surface area contributed by atoms with Crippen LogP contribution in [0.25, 0.3) is 0 Å². The summed E-state index contributed by atoms with van der Waals surface area (Å²) in [5, 5.41) is 0. The molecular formula is C19H28N2O4. The zero-order valence-corrected chi connectivity index (χ0v) is 15.2. The van der Waals surface area contributed by atoms with Crippen LogP contribution in [0.5, 0.6) is 5.75 Å². The molecule has 2 amide bonds. The standard InChI is InChI=1S/C19H28N2O4/c1-3-25-17-7-5-16(6-8-17)15-19(23)21-11-4-10-20(12-13-21)18(22)9-14-24-2/h5-8H,3-4,9-15H2,1-2H3. The fourth-order valence-electron chi connectivity index (χ4n) is 2.92. The summed E-state index contributed by atoms with van der Waals surface area (Å²) in [6.07, 6.45) is 1.59. The number of ether oxygens (including phenoxy) is 2. The van der Waals surface area contributed by atoms with Gasteiger partial charge in [0.2, 0.25) is 11.8 Å². The second-order valence-corrected chi connectivity index (χ2v) is 6.11. The third-order valence-electron chi connectivity index (χ3n) is 4.31. The lowest BCUT2D eigenvalue weighted by atomic mass is 10.1. The largest absolute Gasteiger partial charge is 0.494 e. The Morgan fingerprint density at radius 1 is 1.00 bits per heavy atom. The molecule has 1 fully saturated rings. The topological polar surface area (TPSA) is 59.1 Å². The molecule has 0 unspecified atom stereocenters. The van der Waals surface area contributed by atoms with Gasteiger partial charge in [0.05, 0.1) is 26.1 Å². The Morgan fingerprint density at radius 3 is 2.24 bits per heavy atom. The third kappa shape index (κ3) is 6.05. The highest BCUT2D eigenvalue weighted by Gasteiger charge is 2.21. The summed E-state index contributed by atoms with van der Waals surface area (Å²) in [7, 11) is 1.59. The van der Waals surface area contributed by atoms with Crippen molar-refractivity contribution >= 4 is 11.8 Å². The molecule has 1 aromatic carbocycles. The summed E-state index contributed by atoms with van der Waals surface area (Å²) < 4.78 is 10.4. The molecule has 0 bridgehead atoms. The Morgan fingerprint density at radius 2 is 1.64 bits per heavy atom. The van der Waals surface area contributed by atoms with Crippen LogP contribution in [0, 0.1) is 0 Å². The van der Waals surface area contributed by atoms with E-state index in [9.17, 15) is 9.59 Å². The first-order chi connectivity index (χ1) is 12.1. The van der Waals surface area contributed by atoms with Gasteiger partial charge in [0.1, 0.15) is 5.75 Å². The van der Waals surface area contributed by atoms with Gasteiger partial charge in [-0.3, -0.25) is 9.59 Å². The zero-order valence-electron chi connectivity index (χ0n) is 15.2. The molecule has 1 aromatic rings. The van der Waals surface area contributed by atoms with E-state index in [4.69, 9.17) is 9.47 Å². The van der Waals surface area contributed by atoms with Crippen molar-refractivity contribution in [3.05, 3.63) is 29.8 Å². The molecule has 138 valence electrons. The minimum absolute atomic E-state index is 0.0997. The van der Waals surface area contributed by atoms with Crippen molar-refractivity contribution in [3.8, 4) is 5.75 Å². The smallest absolute Gasteiger partial charge is 0.227 e. The summed E-state index contributed by atoms with van der Waals surface area (Å²) in [5.41, 5.74) is 0.978. The van der Waals surface area contributed by atoms with Gasteiger partial charge in [-0.1, -0.05) is 12.1 Å². The maximum Gasteiger partial charge on any atom is 0.227 e. The Kier molecular flexibility index (Phi) is 7.73. The van der Waals surface area contributed by atoms with Gasteiger partial charge in [-0.25, -0.2) is 0 Å². The zero-order chi connectivity index (χ0) is 18.1. The Labute approximate surface area is 149 Å². The van der Waals surface area contributed by atoms with Crippen molar-refractivity contribution in [1.82, 2.24) is 9.80 Å². The van der Waals surface area contributed by atoms with Gasteiger partial charge in [0.15, 0.2) is 0 Å². The fourth-order valence-corrected chi connectivity index (χ4v) is 2.92. The first-order valence-corrected chi connectivity index (χ1v) is 8.90. The van der Waals surface area contributed by atoms with Crippen LogP contribution in [-0.4, -0.2) is 68.1 Å². The summed E-state index contributed by atoms with van der Waals surface area (Å²) in [4.78, 5) is 28.3. The normalized spacial score (nSPS) is 15.0. The third-order valence-corrected chi connectivity index (χ3v) is 4.31. The molecule has 6 nitrogen and oxygen atoms in total. The first-order valence-electron chi connectivity index (χ1n) is 8.90. The molecule has 0 spiro atoms. The number of hydrogen-bond donors (Lipinski definition) is 0. The number of carbonyl (C=O) groups excluding carboxylic acids is 2. The van der Waals surface area contributed by atoms with E-state index < -0.39 is 0 Å². The number of nitrogens with zero attached hydrogens (tertiary/aromatic N) is 2. The molecule has 0 N–H and O–H groups in total. The van der Waals surface area contributed by atoms with Crippen LogP contribution >= 0.6 is 0 Å². The van der Waals surface area contributed by atoms with E-state index in [0.29, 0.717) is 52.2 Å². The van der Waals surface area contributed by atoms with Gasteiger partial charge in [0, 0.05) is 33.3 Å². The number of hydrogen-bond acceptors (Lipinski definition) is 4. The fraction of sp³-hybridized carbons (Fsp3) is 0.579. The van der Waals surface area contributed by atoms with Gasteiger partial charge in [-0.15, -0.1) is 0 Å². The van der Waals surface area contributed by atoms with Crippen LogP contribution in [0.3, 0.4) is 0 Å². The summed E-state index contributed by atoms with van der Waals surface area (Å²) >= 11 is 0.